The SMILES string of the molecule is CO[Si](CC[Si](C)(C)CC[Si](C)(C)CCCOCC(F)(F)OCF)(OC)OC.C[Si](=O)CC[Si](C)(C)CC[Si](C)(C)CCCOCCF. The molecule has 0 rings (SSSR count). The highest BCUT2D eigenvalue weighted by Crippen LogP contribution is 2.31. The maximum absolute atomic E-state index is 13.0. The average Bonchev–Trinajstić information content (AvgIpc) is 2.99. The largest absolute Gasteiger partial charge is 0.499 e. The molecule has 0 N–H and O–H groups in total. The van der Waals surface area contributed by atoms with E-state index in [0.29, 0.717) is 6.61 Å². The summed E-state index contributed by atoms with van der Waals surface area (Å²) in [4.78, 5) is 0. The third-order valence-corrected chi connectivity index (χ3v) is 27.9. The van der Waals surface area contributed by atoms with Crippen molar-refractivity contribution in [2.24, 2.45) is 0 Å². The van der Waals surface area contributed by atoms with E-state index in [1.54, 1.807) is 21.3 Å². The van der Waals surface area contributed by atoms with Crippen LogP contribution in [0.1, 0.15) is 12.8 Å². The maximum atomic E-state index is 13.0. The van der Waals surface area contributed by atoms with Crippen molar-refractivity contribution in [3.05, 3.63) is 0 Å². The molecule has 290 valence electrons. The summed E-state index contributed by atoms with van der Waals surface area (Å²) in [6.07, 6.45) is -1.74. The van der Waals surface area contributed by atoms with E-state index in [9.17, 15) is 22.0 Å². The van der Waals surface area contributed by atoms with Crippen LogP contribution in [-0.2, 0) is 32.0 Å². The maximum Gasteiger partial charge on any atom is 0.499 e. The first-order valence-corrected chi connectivity index (χ1v) is 35.2. The Morgan fingerprint density at radius 1 is 0.583 bits per heavy atom. The van der Waals surface area contributed by atoms with Crippen LogP contribution >= 0.6 is 0 Å². The first kappa shape index (κ1) is 50.7. The number of alkyl halides is 4. The van der Waals surface area contributed by atoms with Gasteiger partial charge in [0.05, 0.1) is 6.61 Å². The number of rotatable bonds is 29. The fraction of sp³-hybridized carbons (Fsp3) is 1.00. The van der Waals surface area contributed by atoms with E-state index in [1.807, 2.05) is 6.55 Å². The van der Waals surface area contributed by atoms with E-state index in [-0.39, 0.29) is 19.9 Å². The lowest BCUT2D eigenvalue weighted by atomic mass is 10.5. The van der Waals surface area contributed by atoms with Crippen molar-refractivity contribution in [2.75, 3.05) is 61.3 Å². The Morgan fingerprint density at radius 3 is 1.38 bits per heavy atom. The highest BCUT2D eigenvalue weighted by molar-refractivity contribution is 6.84. The Labute approximate surface area is 298 Å². The topological polar surface area (TPSA) is 72.5 Å². The minimum absolute atomic E-state index is 0.242. The quantitative estimate of drug-likeness (QED) is 0.0424. The monoisotopic (exact) mass is 800 g/mol. The second kappa shape index (κ2) is 25.5. The van der Waals surface area contributed by atoms with Gasteiger partial charge in [-0.25, -0.2) is 8.78 Å². The molecule has 0 bridgehead atoms. The van der Waals surface area contributed by atoms with Crippen LogP contribution in [0.2, 0.25) is 119 Å². The van der Waals surface area contributed by atoms with E-state index in [4.69, 9.17) is 22.8 Å². The van der Waals surface area contributed by atoms with Gasteiger partial charge in [-0.05, 0) is 25.4 Å². The molecule has 0 aromatic carbocycles. The fourth-order valence-electron chi connectivity index (χ4n) is 5.19. The first-order valence-electron chi connectivity index (χ1n) is 17.5. The second-order valence-electron chi connectivity index (χ2n) is 16.1. The second-order valence-corrected chi connectivity index (χ2v) is 42.4. The molecule has 17 heteroatoms. The van der Waals surface area contributed by atoms with Gasteiger partial charge in [-0.1, -0.05) is 101 Å². The highest BCUT2D eigenvalue weighted by Gasteiger charge is 2.40. The molecule has 0 saturated carbocycles. The molecule has 0 unspecified atom stereocenters. The minimum atomic E-state index is -3.55. The van der Waals surface area contributed by atoms with Crippen molar-refractivity contribution < 1.29 is 49.5 Å². The van der Waals surface area contributed by atoms with Gasteiger partial charge in [0.25, 0.3) is 8.68 Å². The molecule has 0 spiro atoms. The molecular formula is C31H72F4O7Si6. The van der Waals surface area contributed by atoms with E-state index >= 15 is 0 Å². The predicted molar refractivity (Wildman–Crippen MR) is 206 cm³/mol. The van der Waals surface area contributed by atoms with Crippen LogP contribution in [0.5, 0.6) is 0 Å². The van der Waals surface area contributed by atoms with E-state index in [1.165, 1.54) is 36.3 Å². The Balaban J connectivity index is 0. The van der Waals surface area contributed by atoms with Gasteiger partial charge in [0.2, 0.25) is 0 Å². The summed E-state index contributed by atoms with van der Waals surface area (Å²) in [5, 5.41) is 0. The third kappa shape index (κ3) is 28.2. The van der Waals surface area contributed by atoms with Crippen molar-refractivity contribution in [3.8, 4) is 0 Å². The van der Waals surface area contributed by atoms with Gasteiger partial charge in [-0.2, -0.15) is 8.78 Å². The smallest absolute Gasteiger partial charge is 0.389 e. The van der Waals surface area contributed by atoms with Crippen LogP contribution in [0.25, 0.3) is 0 Å². The summed E-state index contributed by atoms with van der Waals surface area (Å²) in [5.41, 5.74) is 0. The molecule has 0 aromatic rings. The molecule has 0 amide bonds. The average molecular weight is 801 g/mol. The zero-order valence-corrected chi connectivity index (χ0v) is 38.6. The zero-order valence-electron chi connectivity index (χ0n) is 32.6. The Morgan fingerprint density at radius 2 is 0.979 bits per heavy atom. The lowest BCUT2D eigenvalue weighted by Crippen LogP contribution is -2.44. The number of halogens is 4. The normalized spacial score (nSPS) is 13.4. The van der Waals surface area contributed by atoms with Gasteiger partial charge in [-0.3, -0.25) is 4.74 Å². The Bertz CT molecular complexity index is 831. The molecule has 0 atom stereocenters. The fourth-order valence-corrected chi connectivity index (χ4v) is 28.4. The molecule has 0 aromatic heterocycles. The number of ether oxygens (including phenoxy) is 3. The Hall–Kier alpha value is 0.581. The standard InChI is InChI=1S/C17H39F3O5Si3.C14H33FO2Si3/c1-21-28(22-2,23-3)14-13-27(6,7)12-11-26(4,5)10-8-9-24-15-17(19,20)25-16-18;1-18(16)10-12-20(4,5)14-13-19(2,3)11-6-8-17-9-7-15/h8-16H2,1-7H3;6-14H2,1-5H3. The highest BCUT2D eigenvalue weighted by atomic mass is 28.4. The molecule has 0 saturated heterocycles. The van der Waals surface area contributed by atoms with Crippen molar-refractivity contribution >= 4 is 49.8 Å². The summed E-state index contributed by atoms with van der Waals surface area (Å²) in [5.74, 6) is 0. The van der Waals surface area contributed by atoms with Crippen LogP contribution in [0.4, 0.5) is 17.6 Å². The summed E-state index contributed by atoms with van der Waals surface area (Å²) in [6.45, 7) is 19.5. The van der Waals surface area contributed by atoms with Crippen molar-refractivity contribution in [1.82, 2.24) is 0 Å². The van der Waals surface area contributed by atoms with Crippen molar-refractivity contribution in [3.63, 3.8) is 0 Å². The Kier molecular flexibility index (Phi) is 27.0. The third-order valence-electron chi connectivity index (χ3n) is 9.19. The lowest BCUT2D eigenvalue weighted by molar-refractivity contribution is -0.278. The van der Waals surface area contributed by atoms with Gasteiger partial charge in [0.15, 0.2) is 6.86 Å². The van der Waals surface area contributed by atoms with Crippen molar-refractivity contribution in [1.29, 1.82) is 0 Å². The van der Waals surface area contributed by atoms with Crippen LogP contribution in [0.3, 0.4) is 0 Å². The van der Waals surface area contributed by atoms with E-state index < -0.39 is 69.4 Å². The summed E-state index contributed by atoms with van der Waals surface area (Å²) < 4.78 is 91.4. The van der Waals surface area contributed by atoms with Crippen LogP contribution < -0.4 is 0 Å². The summed E-state index contributed by atoms with van der Waals surface area (Å²) in [6, 6.07) is 11.5. The van der Waals surface area contributed by atoms with E-state index in [2.05, 4.69) is 57.1 Å². The van der Waals surface area contributed by atoms with Gasteiger partial charge in [-0.15, -0.1) is 0 Å². The molecule has 0 heterocycles. The lowest BCUT2D eigenvalue weighted by Gasteiger charge is -2.31. The van der Waals surface area contributed by atoms with Crippen LogP contribution in [-0.4, -0.2) is 117 Å². The predicted octanol–water partition coefficient (Wildman–Crippen LogP) is 10.1. The van der Waals surface area contributed by atoms with Gasteiger partial charge >= 0.3 is 14.9 Å². The summed E-state index contributed by atoms with van der Waals surface area (Å²) >= 11 is 0. The zero-order chi connectivity index (χ0) is 37.5. The molecule has 48 heavy (non-hydrogen) atoms. The molecule has 0 fully saturated rings. The molecule has 0 aliphatic rings. The van der Waals surface area contributed by atoms with Gasteiger partial charge in [0, 0.05) is 72.9 Å². The minimum Gasteiger partial charge on any atom is -0.389 e. The molecule has 0 aliphatic heterocycles. The van der Waals surface area contributed by atoms with Crippen LogP contribution in [0, 0.1) is 0 Å². The van der Waals surface area contributed by atoms with Gasteiger partial charge < -0.3 is 27.2 Å². The van der Waals surface area contributed by atoms with Crippen LogP contribution in [0.15, 0.2) is 0 Å². The van der Waals surface area contributed by atoms with Gasteiger partial charge in [0.1, 0.15) is 13.3 Å². The molecular weight excluding hydrogens is 729 g/mol. The molecule has 0 aliphatic carbocycles. The van der Waals surface area contributed by atoms with E-state index in [0.717, 1.165) is 37.0 Å². The molecule has 0 radical (unpaired) electrons. The molecule has 7 nitrogen and oxygen atoms in total. The van der Waals surface area contributed by atoms with Crippen molar-refractivity contribution in [2.45, 2.75) is 138 Å². The first-order chi connectivity index (χ1) is 22.0. The summed E-state index contributed by atoms with van der Waals surface area (Å²) in [7, 11) is -4.02. The number of hydrogen-bond acceptors (Lipinski definition) is 7. The number of hydrogen-bond donors (Lipinski definition) is 0.